The number of phenols is 2. The van der Waals surface area contributed by atoms with Crippen molar-refractivity contribution in [3.8, 4) is 22.9 Å². The van der Waals surface area contributed by atoms with Crippen molar-refractivity contribution in [3.63, 3.8) is 0 Å². The van der Waals surface area contributed by atoms with Crippen LogP contribution < -0.4 is 5.56 Å². The van der Waals surface area contributed by atoms with E-state index in [2.05, 4.69) is 25.9 Å². The van der Waals surface area contributed by atoms with E-state index in [1.807, 2.05) is 20.8 Å². The highest BCUT2D eigenvalue weighted by Gasteiger charge is 2.22. The average molecular weight is 339 g/mol. The van der Waals surface area contributed by atoms with Crippen LogP contribution in [0.4, 0.5) is 0 Å². The molecule has 0 radical (unpaired) electrons. The number of hydrogen-bond donors (Lipinski definition) is 3. The lowest BCUT2D eigenvalue weighted by Crippen LogP contribution is -2.22. The van der Waals surface area contributed by atoms with Crippen LogP contribution in [0.15, 0.2) is 27.5 Å². The van der Waals surface area contributed by atoms with E-state index in [1.165, 1.54) is 12.1 Å². The molecule has 1 aromatic carbocycles. The number of nitrogens with zero attached hydrogens (tertiary/aromatic N) is 1. The number of aromatic nitrogens is 2. The molecule has 0 saturated carbocycles. The molecule has 1 heterocycles. The molecule has 2 aromatic rings. The molecule has 0 bridgehead atoms. The van der Waals surface area contributed by atoms with Crippen LogP contribution in [0, 0.1) is 0 Å². The smallest absolute Gasteiger partial charge is 0.265 e. The Morgan fingerprint density at radius 1 is 1.20 bits per heavy atom. The van der Waals surface area contributed by atoms with Crippen molar-refractivity contribution < 1.29 is 10.2 Å². The van der Waals surface area contributed by atoms with E-state index in [-0.39, 0.29) is 22.5 Å². The van der Waals surface area contributed by atoms with Gasteiger partial charge in [0.05, 0.1) is 5.69 Å². The Hall–Kier alpha value is -1.82. The second-order valence-corrected chi connectivity index (χ2v) is 6.32. The molecule has 5 nitrogen and oxygen atoms in total. The summed E-state index contributed by atoms with van der Waals surface area (Å²) in [4.78, 5) is 19.1. The topological polar surface area (TPSA) is 86.2 Å². The molecule has 0 fully saturated rings. The third-order valence-electron chi connectivity index (χ3n) is 2.82. The molecule has 0 spiro atoms. The highest BCUT2D eigenvalue weighted by molar-refractivity contribution is 9.10. The number of H-pyrrole nitrogens is 1. The van der Waals surface area contributed by atoms with Gasteiger partial charge in [-0.25, -0.2) is 4.98 Å². The standard InChI is InChI=1S/C14H15BrN2O3/c1-14(2,3)11-10(15)13(20)17-12(16-11)7-4-5-8(18)9(19)6-7/h4-6,18-19H,1-3H3,(H,16,17,20). The van der Waals surface area contributed by atoms with Crippen LogP contribution >= 0.6 is 15.9 Å². The molecule has 0 aliphatic carbocycles. The molecule has 106 valence electrons. The summed E-state index contributed by atoms with van der Waals surface area (Å²) in [5.74, 6) is -0.131. The lowest BCUT2D eigenvalue weighted by molar-refractivity contribution is 0.404. The molecule has 3 N–H and O–H groups in total. The normalized spacial score (nSPS) is 11.6. The van der Waals surface area contributed by atoms with Crippen LogP contribution in [0.3, 0.4) is 0 Å². The number of nitrogens with one attached hydrogen (secondary N) is 1. The quantitative estimate of drug-likeness (QED) is 0.698. The minimum Gasteiger partial charge on any atom is -0.504 e. The van der Waals surface area contributed by atoms with Crippen molar-refractivity contribution in [1.82, 2.24) is 9.97 Å². The zero-order valence-electron chi connectivity index (χ0n) is 11.4. The van der Waals surface area contributed by atoms with Crippen LogP contribution in [-0.2, 0) is 5.41 Å². The van der Waals surface area contributed by atoms with Crippen LogP contribution in [0.2, 0.25) is 0 Å². The molecular formula is C14H15BrN2O3. The van der Waals surface area contributed by atoms with E-state index in [0.29, 0.717) is 21.6 Å². The molecular weight excluding hydrogens is 324 g/mol. The highest BCUT2D eigenvalue weighted by Crippen LogP contribution is 2.31. The van der Waals surface area contributed by atoms with Crippen molar-refractivity contribution >= 4 is 15.9 Å². The Balaban J connectivity index is 2.67. The van der Waals surface area contributed by atoms with Crippen molar-refractivity contribution in [2.24, 2.45) is 0 Å². The van der Waals surface area contributed by atoms with Gasteiger partial charge in [-0.3, -0.25) is 4.79 Å². The predicted molar refractivity (Wildman–Crippen MR) is 80.0 cm³/mol. The number of aromatic amines is 1. The lowest BCUT2D eigenvalue weighted by atomic mass is 9.92. The maximum absolute atomic E-state index is 12.0. The summed E-state index contributed by atoms with van der Waals surface area (Å²) in [6.45, 7) is 5.87. The summed E-state index contributed by atoms with van der Waals surface area (Å²) >= 11 is 3.25. The van der Waals surface area contributed by atoms with Crippen LogP contribution in [0.1, 0.15) is 26.5 Å². The van der Waals surface area contributed by atoms with Crippen molar-refractivity contribution in [1.29, 1.82) is 0 Å². The summed E-state index contributed by atoms with van der Waals surface area (Å²) < 4.78 is 0.400. The summed E-state index contributed by atoms with van der Waals surface area (Å²) in [5, 5.41) is 18.9. The maximum Gasteiger partial charge on any atom is 0.265 e. The van der Waals surface area contributed by atoms with Gasteiger partial charge in [0.25, 0.3) is 5.56 Å². The minimum atomic E-state index is -0.305. The number of halogens is 1. The fourth-order valence-electron chi connectivity index (χ4n) is 1.76. The molecule has 1 aromatic heterocycles. The number of phenolic OH excluding ortho intramolecular Hbond substituents is 2. The number of aromatic hydroxyl groups is 2. The van der Waals surface area contributed by atoms with Crippen molar-refractivity contribution in [2.75, 3.05) is 0 Å². The zero-order valence-corrected chi connectivity index (χ0v) is 12.9. The van der Waals surface area contributed by atoms with Crippen LogP contribution in [0.25, 0.3) is 11.4 Å². The molecule has 0 amide bonds. The third-order valence-corrected chi connectivity index (χ3v) is 3.56. The highest BCUT2D eigenvalue weighted by atomic mass is 79.9. The second-order valence-electron chi connectivity index (χ2n) is 5.53. The first kappa shape index (κ1) is 14.6. The minimum absolute atomic E-state index is 0.218. The Labute approximate surface area is 124 Å². The Kier molecular flexibility index (Phi) is 3.60. The third kappa shape index (κ3) is 2.70. The Bertz CT molecular complexity index is 717. The van der Waals surface area contributed by atoms with Gasteiger partial charge < -0.3 is 15.2 Å². The summed E-state index contributed by atoms with van der Waals surface area (Å²) in [6.07, 6.45) is 0. The molecule has 2 rings (SSSR count). The van der Waals surface area contributed by atoms with Gasteiger partial charge in [0.2, 0.25) is 0 Å². The first-order valence-corrected chi connectivity index (χ1v) is 6.82. The van der Waals surface area contributed by atoms with E-state index < -0.39 is 0 Å². The molecule has 0 aliphatic rings. The summed E-state index contributed by atoms with van der Waals surface area (Å²) in [6, 6.07) is 4.28. The van der Waals surface area contributed by atoms with Crippen molar-refractivity contribution in [2.45, 2.75) is 26.2 Å². The average Bonchev–Trinajstić information content (AvgIpc) is 2.34. The molecule has 0 atom stereocenters. The fraction of sp³-hybridized carbons (Fsp3) is 0.286. The molecule has 0 aliphatic heterocycles. The van der Waals surface area contributed by atoms with Gasteiger partial charge in [-0.1, -0.05) is 20.8 Å². The lowest BCUT2D eigenvalue weighted by Gasteiger charge is -2.19. The van der Waals surface area contributed by atoms with E-state index >= 15 is 0 Å². The van der Waals surface area contributed by atoms with Gasteiger partial charge in [0, 0.05) is 11.0 Å². The number of hydrogen-bond acceptors (Lipinski definition) is 4. The Morgan fingerprint density at radius 2 is 1.85 bits per heavy atom. The maximum atomic E-state index is 12.0. The summed E-state index contributed by atoms with van der Waals surface area (Å²) in [7, 11) is 0. The van der Waals surface area contributed by atoms with Crippen LogP contribution in [0.5, 0.6) is 11.5 Å². The SMILES string of the molecule is CC(C)(C)c1nc(-c2ccc(O)c(O)c2)[nH]c(=O)c1Br. The Morgan fingerprint density at radius 3 is 2.40 bits per heavy atom. The number of rotatable bonds is 1. The predicted octanol–water partition coefficient (Wildman–Crippen LogP) is 2.91. The fourth-order valence-corrected chi connectivity index (χ4v) is 2.55. The van der Waals surface area contributed by atoms with Gasteiger partial charge in [-0.05, 0) is 34.1 Å². The van der Waals surface area contributed by atoms with Crippen molar-refractivity contribution in [3.05, 3.63) is 38.7 Å². The van der Waals surface area contributed by atoms with Gasteiger partial charge >= 0.3 is 0 Å². The second kappa shape index (κ2) is 4.94. The van der Waals surface area contributed by atoms with E-state index in [0.717, 1.165) is 0 Å². The van der Waals surface area contributed by atoms with Gasteiger partial charge in [0.1, 0.15) is 10.3 Å². The zero-order chi connectivity index (χ0) is 15.1. The van der Waals surface area contributed by atoms with E-state index in [9.17, 15) is 15.0 Å². The van der Waals surface area contributed by atoms with E-state index in [4.69, 9.17) is 0 Å². The first-order valence-electron chi connectivity index (χ1n) is 6.03. The molecule has 20 heavy (non-hydrogen) atoms. The number of benzene rings is 1. The largest absolute Gasteiger partial charge is 0.504 e. The van der Waals surface area contributed by atoms with Gasteiger partial charge in [-0.15, -0.1) is 0 Å². The summed E-state index contributed by atoms with van der Waals surface area (Å²) in [5.41, 5.74) is 0.563. The van der Waals surface area contributed by atoms with Crippen LogP contribution in [-0.4, -0.2) is 20.2 Å². The monoisotopic (exact) mass is 338 g/mol. The molecule has 0 unspecified atom stereocenters. The van der Waals surface area contributed by atoms with E-state index in [1.54, 1.807) is 6.07 Å². The van der Waals surface area contributed by atoms with Gasteiger partial charge in [-0.2, -0.15) is 0 Å². The molecule has 6 heteroatoms. The first-order chi connectivity index (χ1) is 9.20. The van der Waals surface area contributed by atoms with Gasteiger partial charge in [0.15, 0.2) is 11.5 Å². The molecule has 0 saturated heterocycles.